The highest BCUT2D eigenvalue weighted by Gasteiger charge is 2.41. The first-order chi connectivity index (χ1) is 9.31. The minimum Gasteiger partial charge on any atom is -0.496 e. The van der Waals surface area contributed by atoms with E-state index in [9.17, 15) is 5.26 Å². The van der Waals surface area contributed by atoms with Crippen molar-refractivity contribution in [3.63, 3.8) is 0 Å². The molecule has 0 saturated heterocycles. The molecule has 0 spiro atoms. The van der Waals surface area contributed by atoms with Crippen LogP contribution in [0.15, 0.2) is 12.1 Å². The van der Waals surface area contributed by atoms with Crippen LogP contribution >= 0.6 is 0 Å². The number of methoxy groups -OCH3 is 1. The summed E-state index contributed by atoms with van der Waals surface area (Å²) in [5.74, 6) is 0.837. The van der Waals surface area contributed by atoms with Gasteiger partial charge in [-0.1, -0.05) is 6.07 Å². The molecule has 4 heteroatoms. The largest absolute Gasteiger partial charge is 0.496 e. The molecule has 0 heterocycles. The van der Waals surface area contributed by atoms with Crippen LogP contribution < -0.4 is 4.74 Å². The molecule has 0 fully saturated rings. The summed E-state index contributed by atoms with van der Waals surface area (Å²) in [6.07, 6.45) is 2.78. The maximum atomic E-state index is 9.79. The van der Waals surface area contributed by atoms with Crippen molar-refractivity contribution in [2.24, 2.45) is 0 Å². The quantitative estimate of drug-likeness (QED) is 0.792. The fourth-order valence-electron chi connectivity index (χ4n) is 2.98. The lowest BCUT2D eigenvalue weighted by atomic mass is 9.79. The summed E-state index contributed by atoms with van der Waals surface area (Å²) in [6.45, 7) is 8.44. The van der Waals surface area contributed by atoms with E-state index in [0.717, 1.165) is 36.1 Å². The fourth-order valence-corrected chi connectivity index (χ4v) is 4.28. The van der Waals surface area contributed by atoms with Gasteiger partial charge in [-0.3, -0.25) is 0 Å². The van der Waals surface area contributed by atoms with Gasteiger partial charge < -0.3 is 9.16 Å². The predicted octanol–water partition coefficient (Wildman–Crippen LogP) is 3.91. The van der Waals surface area contributed by atoms with Crippen molar-refractivity contribution in [2.45, 2.75) is 51.4 Å². The smallest absolute Gasteiger partial charge is 0.186 e. The predicted molar refractivity (Wildman–Crippen MR) is 82.4 cm³/mol. The number of fused-ring (bicyclic) bond motifs is 1. The van der Waals surface area contributed by atoms with E-state index in [1.165, 1.54) is 5.56 Å². The average molecular weight is 289 g/mol. The Morgan fingerprint density at radius 1 is 1.30 bits per heavy atom. The van der Waals surface area contributed by atoms with Gasteiger partial charge in [0.15, 0.2) is 13.9 Å². The van der Waals surface area contributed by atoms with Crippen LogP contribution in [-0.4, -0.2) is 15.4 Å². The number of hydrogen-bond acceptors (Lipinski definition) is 3. The van der Waals surface area contributed by atoms with E-state index in [4.69, 9.17) is 9.16 Å². The molecule has 1 unspecified atom stereocenters. The number of ether oxygens (including phenoxy) is 1. The molecule has 0 aromatic heterocycles. The molecule has 1 aliphatic carbocycles. The van der Waals surface area contributed by atoms with Gasteiger partial charge in [0.05, 0.1) is 7.11 Å². The van der Waals surface area contributed by atoms with Gasteiger partial charge in [-0.25, -0.2) is 0 Å². The molecule has 0 radical (unpaired) electrons. The number of nitrogens with zero attached hydrogens (tertiary/aromatic N) is 1. The molecule has 0 aliphatic heterocycles. The second-order valence-corrected chi connectivity index (χ2v) is 10.9. The number of hydrogen-bond donors (Lipinski definition) is 0. The zero-order valence-electron chi connectivity index (χ0n) is 13.0. The molecule has 1 atom stereocenters. The van der Waals surface area contributed by atoms with Gasteiger partial charge in [-0.05, 0) is 63.0 Å². The molecular weight excluding hydrogens is 266 g/mol. The van der Waals surface area contributed by atoms with Gasteiger partial charge in [0, 0.05) is 5.56 Å². The molecule has 0 N–H and O–H groups in total. The first-order valence-corrected chi connectivity index (χ1v) is 10.5. The Bertz CT molecular complexity index is 557. The van der Waals surface area contributed by atoms with Crippen LogP contribution in [0.1, 0.15) is 29.5 Å². The fraction of sp³-hybridized carbons (Fsp3) is 0.562. The maximum absolute atomic E-state index is 9.79. The molecule has 1 aliphatic rings. The van der Waals surface area contributed by atoms with Crippen molar-refractivity contribution < 1.29 is 9.16 Å². The summed E-state index contributed by atoms with van der Waals surface area (Å²) in [6, 6.07) is 6.61. The summed E-state index contributed by atoms with van der Waals surface area (Å²) in [4.78, 5) is 0. The van der Waals surface area contributed by atoms with Crippen molar-refractivity contribution >= 4 is 8.32 Å². The maximum Gasteiger partial charge on any atom is 0.186 e. The minimum atomic E-state index is -1.81. The van der Waals surface area contributed by atoms with Crippen LogP contribution in [0.25, 0.3) is 0 Å². The Kier molecular flexibility index (Phi) is 3.94. The Balaban J connectivity index is 2.58. The molecule has 0 amide bonds. The van der Waals surface area contributed by atoms with E-state index in [-0.39, 0.29) is 0 Å². The Morgan fingerprint density at radius 3 is 2.55 bits per heavy atom. The third kappa shape index (κ3) is 2.74. The van der Waals surface area contributed by atoms with Gasteiger partial charge in [-0.15, -0.1) is 0 Å². The molecule has 108 valence electrons. The lowest BCUT2D eigenvalue weighted by Crippen LogP contribution is -2.42. The molecule has 0 bridgehead atoms. The molecule has 1 aromatic carbocycles. The second-order valence-electron chi connectivity index (χ2n) is 6.49. The third-order valence-corrected chi connectivity index (χ3v) is 4.65. The number of nitriles is 1. The Morgan fingerprint density at radius 2 is 2.00 bits per heavy atom. The summed E-state index contributed by atoms with van der Waals surface area (Å²) in [5, 5.41) is 9.79. The van der Waals surface area contributed by atoms with E-state index in [0.29, 0.717) is 0 Å². The van der Waals surface area contributed by atoms with Crippen molar-refractivity contribution in [1.29, 1.82) is 5.26 Å². The summed E-state index contributed by atoms with van der Waals surface area (Å²) < 4.78 is 11.7. The van der Waals surface area contributed by atoms with E-state index in [1.54, 1.807) is 7.11 Å². The standard InChI is InChI=1S/C16H23NO2Si/c1-12-9-13-7-6-8-16(11-17,19-20(3,4)5)14(13)10-15(12)18-2/h9-10H,6-8H2,1-5H3. The monoisotopic (exact) mass is 289 g/mol. The molecule has 3 nitrogen and oxygen atoms in total. The van der Waals surface area contributed by atoms with Crippen LogP contribution in [0, 0.1) is 18.3 Å². The van der Waals surface area contributed by atoms with Crippen LogP contribution in [0.2, 0.25) is 19.6 Å². The van der Waals surface area contributed by atoms with E-state index < -0.39 is 13.9 Å². The lowest BCUT2D eigenvalue weighted by molar-refractivity contribution is 0.0981. The molecule has 2 rings (SSSR count). The van der Waals surface area contributed by atoms with Crippen LogP contribution in [-0.2, 0) is 16.4 Å². The van der Waals surface area contributed by atoms with E-state index in [1.807, 2.05) is 13.0 Å². The summed E-state index contributed by atoms with van der Waals surface area (Å²) in [7, 11) is -0.139. The summed E-state index contributed by atoms with van der Waals surface area (Å²) >= 11 is 0. The van der Waals surface area contributed by atoms with Crippen LogP contribution in [0.4, 0.5) is 0 Å². The van der Waals surface area contributed by atoms with E-state index >= 15 is 0 Å². The topological polar surface area (TPSA) is 42.2 Å². The van der Waals surface area contributed by atoms with Crippen molar-refractivity contribution in [1.82, 2.24) is 0 Å². The first-order valence-electron chi connectivity index (χ1n) is 7.11. The van der Waals surface area contributed by atoms with Gasteiger partial charge in [0.2, 0.25) is 0 Å². The number of rotatable bonds is 3. The van der Waals surface area contributed by atoms with Gasteiger partial charge in [0.1, 0.15) is 11.8 Å². The van der Waals surface area contributed by atoms with Crippen LogP contribution in [0.5, 0.6) is 5.75 Å². The van der Waals surface area contributed by atoms with Crippen LogP contribution in [0.3, 0.4) is 0 Å². The van der Waals surface area contributed by atoms with Crippen molar-refractivity contribution in [3.8, 4) is 11.8 Å². The average Bonchev–Trinajstić information content (AvgIpc) is 2.36. The normalized spacial score (nSPS) is 22.0. The lowest BCUT2D eigenvalue weighted by Gasteiger charge is -2.38. The SMILES string of the molecule is COc1cc2c(cc1C)CCCC2(C#N)O[Si](C)(C)C. The van der Waals surface area contributed by atoms with Crippen molar-refractivity contribution in [3.05, 3.63) is 28.8 Å². The first kappa shape index (κ1) is 15.1. The third-order valence-electron chi connectivity index (χ3n) is 3.69. The highest BCUT2D eigenvalue weighted by atomic mass is 28.4. The van der Waals surface area contributed by atoms with Gasteiger partial charge >= 0.3 is 0 Å². The molecule has 1 aromatic rings. The zero-order valence-corrected chi connectivity index (χ0v) is 14.0. The number of benzene rings is 1. The Hall–Kier alpha value is -1.31. The molecule has 0 saturated carbocycles. The zero-order chi connectivity index (χ0) is 15.0. The highest BCUT2D eigenvalue weighted by Crippen LogP contribution is 2.42. The van der Waals surface area contributed by atoms with Gasteiger partial charge in [-0.2, -0.15) is 5.26 Å². The van der Waals surface area contributed by atoms with Crippen molar-refractivity contribution in [2.75, 3.05) is 7.11 Å². The number of aryl methyl sites for hydroxylation is 2. The Labute approximate surface area is 122 Å². The summed E-state index contributed by atoms with van der Waals surface area (Å²) in [5.41, 5.74) is 2.57. The molecular formula is C16H23NO2Si. The highest BCUT2D eigenvalue weighted by molar-refractivity contribution is 6.69. The minimum absolute atomic E-state index is 0.771. The van der Waals surface area contributed by atoms with E-state index in [2.05, 4.69) is 31.8 Å². The molecule has 20 heavy (non-hydrogen) atoms. The second kappa shape index (κ2) is 5.23. The van der Waals surface area contributed by atoms with Gasteiger partial charge in [0.25, 0.3) is 0 Å².